The predicted octanol–water partition coefficient (Wildman–Crippen LogP) is 4.00. The van der Waals surface area contributed by atoms with Crippen LogP contribution in [0.5, 0.6) is 0 Å². The van der Waals surface area contributed by atoms with E-state index >= 15 is 0 Å². The van der Waals surface area contributed by atoms with Gasteiger partial charge in [0.15, 0.2) is 4.96 Å². The lowest BCUT2D eigenvalue weighted by atomic mass is 10.2. The van der Waals surface area contributed by atoms with E-state index in [4.69, 9.17) is 4.74 Å². The number of aromatic nitrogens is 2. The molecule has 4 nitrogen and oxygen atoms in total. The highest BCUT2D eigenvalue weighted by Crippen LogP contribution is 2.29. The number of nitrogens with zero attached hydrogens (tertiary/aromatic N) is 2. The lowest BCUT2D eigenvalue weighted by molar-refractivity contribution is 0.0518. The van der Waals surface area contributed by atoms with Gasteiger partial charge in [0, 0.05) is 21.6 Å². The molecule has 0 bridgehead atoms. The number of esters is 1. The standard InChI is InChI=1S/C14H11BrN2O2S/c1-2-19-13(18)12-8-20-14-16-11(7-17(12)14)9-5-3-4-6-10(9)15/h3-8H,2H2,1H3. The van der Waals surface area contributed by atoms with Crippen molar-refractivity contribution in [2.24, 2.45) is 0 Å². The molecule has 20 heavy (non-hydrogen) atoms. The van der Waals surface area contributed by atoms with Crippen LogP contribution in [0.25, 0.3) is 16.2 Å². The fourth-order valence-corrected chi connectivity index (χ4v) is 3.26. The Balaban J connectivity index is 2.08. The lowest BCUT2D eigenvalue weighted by Crippen LogP contribution is -2.06. The van der Waals surface area contributed by atoms with Crippen LogP contribution < -0.4 is 0 Å². The van der Waals surface area contributed by atoms with Crippen molar-refractivity contribution in [1.29, 1.82) is 0 Å². The molecule has 2 aromatic heterocycles. The molecule has 102 valence electrons. The number of ether oxygens (including phenoxy) is 1. The molecule has 0 fully saturated rings. The number of fused-ring (bicyclic) bond motifs is 1. The fourth-order valence-electron chi connectivity index (χ4n) is 1.93. The molecule has 2 heterocycles. The topological polar surface area (TPSA) is 43.6 Å². The van der Waals surface area contributed by atoms with Crippen molar-refractivity contribution >= 4 is 38.2 Å². The highest BCUT2D eigenvalue weighted by Gasteiger charge is 2.16. The monoisotopic (exact) mass is 350 g/mol. The van der Waals surface area contributed by atoms with Crippen LogP contribution in [0.4, 0.5) is 0 Å². The van der Waals surface area contributed by atoms with E-state index in [1.54, 1.807) is 16.7 Å². The number of carbonyl (C=O) groups excluding carboxylic acids is 1. The second kappa shape index (κ2) is 5.38. The summed E-state index contributed by atoms with van der Waals surface area (Å²) in [6, 6.07) is 7.87. The largest absolute Gasteiger partial charge is 0.461 e. The van der Waals surface area contributed by atoms with E-state index < -0.39 is 0 Å². The van der Waals surface area contributed by atoms with Gasteiger partial charge in [0.25, 0.3) is 0 Å². The Morgan fingerprint density at radius 1 is 1.45 bits per heavy atom. The summed E-state index contributed by atoms with van der Waals surface area (Å²) in [4.78, 5) is 17.2. The van der Waals surface area contributed by atoms with E-state index in [-0.39, 0.29) is 5.97 Å². The Morgan fingerprint density at radius 2 is 2.25 bits per heavy atom. The van der Waals surface area contributed by atoms with Gasteiger partial charge in [0.2, 0.25) is 0 Å². The third kappa shape index (κ3) is 2.25. The van der Waals surface area contributed by atoms with Gasteiger partial charge in [0.05, 0.1) is 12.3 Å². The summed E-state index contributed by atoms with van der Waals surface area (Å²) in [6.45, 7) is 2.16. The molecule has 0 aliphatic carbocycles. The SMILES string of the molecule is CCOC(=O)c1csc2nc(-c3ccccc3Br)cn12. The van der Waals surface area contributed by atoms with Crippen molar-refractivity contribution in [3.05, 3.63) is 46.0 Å². The summed E-state index contributed by atoms with van der Waals surface area (Å²) in [5.41, 5.74) is 2.34. The van der Waals surface area contributed by atoms with Gasteiger partial charge in [0.1, 0.15) is 5.69 Å². The van der Waals surface area contributed by atoms with Gasteiger partial charge < -0.3 is 4.74 Å². The van der Waals surface area contributed by atoms with Gasteiger partial charge in [-0.15, -0.1) is 11.3 Å². The molecule has 0 aliphatic heterocycles. The van der Waals surface area contributed by atoms with Gasteiger partial charge in [-0.05, 0) is 13.0 Å². The first kappa shape index (κ1) is 13.3. The average molecular weight is 351 g/mol. The summed E-state index contributed by atoms with van der Waals surface area (Å²) < 4.78 is 7.79. The first-order valence-corrected chi connectivity index (χ1v) is 7.76. The zero-order valence-electron chi connectivity index (χ0n) is 10.7. The van der Waals surface area contributed by atoms with Crippen molar-refractivity contribution in [2.45, 2.75) is 6.92 Å². The molecule has 1 aromatic carbocycles. The first-order valence-electron chi connectivity index (χ1n) is 6.09. The van der Waals surface area contributed by atoms with E-state index in [0.717, 1.165) is 20.7 Å². The van der Waals surface area contributed by atoms with Crippen LogP contribution in [-0.2, 0) is 4.74 Å². The Hall–Kier alpha value is -1.66. The minimum Gasteiger partial charge on any atom is -0.461 e. The van der Waals surface area contributed by atoms with E-state index in [2.05, 4.69) is 20.9 Å². The molecule has 6 heteroatoms. The maximum Gasteiger partial charge on any atom is 0.356 e. The number of hydrogen-bond acceptors (Lipinski definition) is 4. The summed E-state index contributed by atoms with van der Waals surface area (Å²) in [5, 5.41) is 1.77. The first-order chi connectivity index (χ1) is 9.70. The zero-order chi connectivity index (χ0) is 14.1. The second-order valence-electron chi connectivity index (χ2n) is 4.10. The number of halogens is 1. The molecule has 0 N–H and O–H groups in total. The molecular formula is C14H11BrN2O2S. The number of imidazole rings is 1. The van der Waals surface area contributed by atoms with Crippen molar-refractivity contribution < 1.29 is 9.53 Å². The minimum atomic E-state index is -0.324. The minimum absolute atomic E-state index is 0.324. The van der Waals surface area contributed by atoms with Gasteiger partial charge in [-0.3, -0.25) is 4.40 Å². The Labute approximate surface area is 128 Å². The maximum atomic E-state index is 11.9. The van der Waals surface area contributed by atoms with Crippen LogP contribution in [0, 0.1) is 0 Å². The maximum absolute atomic E-state index is 11.9. The predicted molar refractivity (Wildman–Crippen MR) is 82.2 cm³/mol. The molecular weight excluding hydrogens is 340 g/mol. The Morgan fingerprint density at radius 3 is 3.00 bits per heavy atom. The van der Waals surface area contributed by atoms with E-state index in [0.29, 0.717) is 12.3 Å². The summed E-state index contributed by atoms with van der Waals surface area (Å²) >= 11 is 4.94. The number of rotatable bonds is 3. The lowest BCUT2D eigenvalue weighted by Gasteiger charge is -2.00. The van der Waals surface area contributed by atoms with E-state index in [9.17, 15) is 4.79 Å². The Kier molecular flexibility index (Phi) is 3.58. The molecule has 0 amide bonds. The van der Waals surface area contributed by atoms with E-state index in [1.165, 1.54) is 11.3 Å². The van der Waals surface area contributed by atoms with Crippen molar-refractivity contribution in [1.82, 2.24) is 9.38 Å². The molecule has 0 unspecified atom stereocenters. The number of carbonyl (C=O) groups is 1. The number of hydrogen-bond donors (Lipinski definition) is 0. The van der Waals surface area contributed by atoms with Crippen molar-refractivity contribution in [3.63, 3.8) is 0 Å². The van der Waals surface area contributed by atoms with Crippen LogP contribution in [0.3, 0.4) is 0 Å². The smallest absolute Gasteiger partial charge is 0.356 e. The highest BCUT2D eigenvalue weighted by molar-refractivity contribution is 9.10. The Bertz CT molecular complexity index is 778. The molecule has 3 rings (SSSR count). The van der Waals surface area contributed by atoms with Gasteiger partial charge in [-0.1, -0.05) is 34.1 Å². The van der Waals surface area contributed by atoms with Gasteiger partial charge >= 0.3 is 5.97 Å². The molecule has 0 spiro atoms. The summed E-state index contributed by atoms with van der Waals surface area (Å²) in [7, 11) is 0. The van der Waals surface area contributed by atoms with Gasteiger partial charge in [-0.2, -0.15) is 0 Å². The normalized spacial score (nSPS) is 10.9. The van der Waals surface area contributed by atoms with Crippen LogP contribution in [0.1, 0.15) is 17.4 Å². The van der Waals surface area contributed by atoms with Crippen LogP contribution in [-0.4, -0.2) is 22.0 Å². The summed E-state index contributed by atoms with van der Waals surface area (Å²) in [6.07, 6.45) is 1.86. The third-order valence-corrected chi connectivity index (χ3v) is 4.37. The third-order valence-electron chi connectivity index (χ3n) is 2.84. The molecule has 0 radical (unpaired) electrons. The second-order valence-corrected chi connectivity index (χ2v) is 5.79. The average Bonchev–Trinajstić information content (AvgIpc) is 2.99. The van der Waals surface area contributed by atoms with Crippen molar-refractivity contribution in [3.8, 4) is 11.3 Å². The molecule has 0 saturated carbocycles. The molecule has 3 aromatic rings. The van der Waals surface area contributed by atoms with Crippen LogP contribution >= 0.6 is 27.3 Å². The molecule has 0 atom stereocenters. The van der Waals surface area contributed by atoms with E-state index in [1.807, 2.05) is 30.5 Å². The van der Waals surface area contributed by atoms with Crippen LogP contribution in [0.15, 0.2) is 40.3 Å². The fraction of sp³-hybridized carbons (Fsp3) is 0.143. The number of benzene rings is 1. The highest BCUT2D eigenvalue weighted by atomic mass is 79.9. The summed E-state index contributed by atoms with van der Waals surface area (Å²) in [5.74, 6) is -0.324. The quantitative estimate of drug-likeness (QED) is 0.670. The van der Waals surface area contributed by atoms with Gasteiger partial charge in [-0.25, -0.2) is 9.78 Å². The zero-order valence-corrected chi connectivity index (χ0v) is 13.1. The molecule has 0 saturated heterocycles. The van der Waals surface area contributed by atoms with Crippen LogP contribution in [0.2, 0.25) is 0 Å². The molecule has 0 aliphatic rings. The van der Waals surface area contributed by atoms with Crippen molar-refractivity contribution in [2.75, 3.05) is 6.61 Å². The number of thiazole rings is 1.